The molecule has 0 amide bonds. The third kappa shape index (κ3) is 2.85. The number of hydrogen-bond donors (Lipinski definition) is 1. The van der Waals surface area contributed by atoms with Crippen LogP contribution in [-0.4, -0.2) is 22.1 Å². The molecule has 90 valence electrons. The summed E-state index contributed by atoms with van der Waals surface area (Å²) in [6, 6.07) is 0.706. The molecule has 0 bridgehead atoms. The first kappa shape index (κ1) is 11.6. The molecule has 2 unspecified atom stereocenters. The van der Waals surface area contributed by atoms with E-state index in [2.05, 4.69) is 28.7 Å². The van der Waals surface area contributed by atoms with Crippen LogP contribution in [-0.2, 0) is 6.54 Å². The molecule has 2 rings (SSSR count). The maximum absolute atomic E-state index is 4.05. The Balaban J connectivity index is 1.75. The quantitative estimate of drug-likeness (QED) is 0.845. The topological polar surface area (TPSA) is 29.9 Å². The molecular weight excluding hydrogens is 198 g/mol. The molecule has 1 aromatic heterocycles. The van der Waals surface area contributed by atoms with Crippen molar-refractivity contribution >= 4 is 0 Å². The van der Waals surface area contributed by atoms with Crippen molar-refractivity contribution in [3.8, 4) is 0 Å². The first-order valence-corrected chi connectivity index (χ1v) is 6.46. The Morgan fingerprint density at radius 1 is 1.31 bits per heavy atom. The van der Waals surface area contributed by atoms with E-state index in [1.807, 2.05) is 18.7 Å². The van der Waals surface area contributed by atoms with Crippen molar-refractivity contribution in [1.29, 1.82) is 0 Å². The zero-order valence-corrected chi connectivity index (χ0v) is 10.4. The summed E-state index contributed by atoms with van der Waals surface area (Å²) in [5, 5.41) is 3.71. The second-order valence-corrected chi connectivity index (χ2v) is 5.17. The number of hydrogen-bond acceptors (Lipinski definition) is 2. The molecule has 1 aliphatic rings. The minimum absolute atomic E-state index is 0.706. The van der Waals surface area contributed by atoms with Gasteiger partial charge < -0.3 is 9.88 Å². The van der Waals surface area contributed by atoms with Crippen molar-refractivity contribution in [2.24, 2.45) is 11.8 Å². The number of imidazole rings is 1. The predicted molar refractivity (Wildman–Crippen MR) is 66.2 cm³/mol. The van der Waals surface area contributed by atoms with Gasteiger partial charge in [0.25, 0.3) is 0 Å². The van der Waals surface area contributed by atoms with E-state index in [0.29, 0.717) is 6.04 Å². The molecule has 16 heavy (non-hydrogen) atoms. The van der Waals surface area contributed by atoms with Gasteiger partial charge in [0.15, 0.2) is 0 Å². The van der Waals surface area contributed by atoms with Crippen LogP contribution in [0.25, 0.3) is 0 Å². The summed E-state index contributed by atoms with van der Waals surface area (Å²) in [6.07, 6.45) is 9.92. The van der Waals surface area contributed by atoms with Gasteiger partial charge in [-0.15, -0.1) is 0 Å². The molecule has 1 aliphatic carbocycles. The average Bonchev–Trinajstić information content (AvgIpc) is 2.75. The molecule has 0 spiro atoms. The van der Waals surface area contributed by atoms with E-state index in [4.69, 9.17) is 0 Å². The Bertz CT molecular complexity index is 284. The highest BCUT2D eigenvalue weighted by molar-refractivity contribution is 4.83. The van der Waals surface area contributed by atoms with E-state index in [0.717, 1.165) is 24.9 Å². The molecule has 1 aromatic rings. The lowest BCUT2D eigenvalue weighted by Gasteiger charge is -2.35. The van der Waals surface area contributed by atoms with E-state index in [-0.39, 0.29) is 0 Å². The smallest absolute Gasteiger partial charge is 0.0946 e. The number of aromatic nitrogens is 2. The summed E-state index contributed by atoms with van der Waals surface area (Å²) >= 11 is 0. The zero-order chi connectivity index (χ0) is 11.4. The van der Waals surface area contributed by atoms with Crippen LogP contribution in [0.2, 0.25) is 0 Å². The Morgan fingerprint density at radius 3 is 2.69 bits per heavy atom. The van der Waals surface area contributed by atoms with Crippen molar-refractivity contribution < 1.29 is 0 Å². The molecule has 0 saturated heterocycles. The molecular formula is C13H23N3. The van der Waals surface area contributed by atoms with Crippen molar-refractivity contribution in [3.05, 3.63) is 18.7 Å². The zero-order valence-electron chi connectivity index (χ0n) is 10.4. The molecule has 3 nitrogen and oxygen atoms in total. The first-order chi connectivity index (χ1) is 7.77. The molecule has 1 saturated carbocycles. The fourth-order valence-electron chi connectivity index (χ4n) is 2.86. The largest absolute Gasteiger partial charge is 0.336 e. The van der Waals surface area contributed by atoms with Gasteiger partial charge in [-0.25, -0.2) is 4.98 Å². The van der Waals surface area contributed by atoms with Crippen molar-refractivity contribution in [3.63, 3.8) is 0 Å². The molecule has 2 atom stereocenters. The van der Waals surface area contributed by atoms with Crippen LogP contribution in [0.1, 0.15) is 33.1 Å². The van der Waals surface area contributed by atoms with Crippen molar-refractivity contribution in [2.45, 2.75) is 45.7 Å². The van der Waals surface area contributed by atoms with Gasteiger partial charge >= 0.3 is 0 Å². The summed E-state index contributed by atoms with van der Waals surface area (Å²) in [6.45, 7) is 6.83. The second-order valence-electron chi connectivity index (χ2n) is 5.17. The lowest BCUT2D eigenvalue weighted by molar-refractivity contribution is 0.208. The van der Waals surface area contributed by atoms with Gasteiger partial charge in [0.1, 0.15) is 0 Å². The standard InChI is InChI=1S/C13H23N3/c1-11-4-3-5-12(2)13(11)15-7-9-16-8-6-14-10-16/h6,8,10-13,15H,3-5,7,9H2,1-2H3. The Morgan fingerprint density at radius 2 is 2.06 bits per heavy atom. The van der Waals surface area contributed by atoms with E-state index < -0.39 is 0 Å². The van der Waals surface area contributed by atoms with Gasteiger partial charge in [0.2, 0.25) is 0 Å². The Labute approximate surface area is 98.3 Å². The van der Waals surface area contributed by atoms with Crippen LogP contribution in [0.4, 0.5) is 0 Å². The van der Waals surface area contributed by atoms with Crippen LogP contribution in [0, 0.1) is 11.8 Å². The summed E-state index contributed by atoms with van der Waals surface area (Å²) < 4.78 is 2.13. The van der Waals surface area contributed by atoms with Gasteiger partial charge in [0, 0.05) is 31.5 Å². The van der Waals surface area contributed by atoms with Crippen LogP contribution >= 0.6 is 0 Å². The minimum Gasteiger partial charge on any atom is -0.336 e. The Kier molecular flexibility index (Phi) is 3.99. The molecule has 1 heterocycles. The van der Waals surface area contributed by atoms with E-state index >= 15 is 0 Å². The lowest BCUT2D eigenvalue weighted by atomic mass is 9.79. The minimum atomic E-state index is 0.706. The van der Waals surface area contributed by atoms with Gasteiger partial charge in [-0.2, -0.15) is 0 Å². The van der Waals surface area contributed by atoms with Crippen molar-refractivity contribution in [1.82, 2.24) is 14.9 Å². The SMILES string of the molecule is CC1CCCC(C)C1NCCn1ccnc1. The molecule has 1 fully saturated rings. The van der Waals surface area contributed by atoms with E-state index in [9.17, 15) is 0 Å². The average molecular weight is 221 g/mol. The second kappa shape index (κ2) is 5.48. The predicted octanol–water partition coefficient (Wildman–Crippen LogP) is 2.30. The van der Waals surface area contributed by atoms with Gasteiger partial charge in [0.05, 0.1) is 6.33 Å². The third-order valence-corrected chi connectivity index (χ3v) is 3.85. The van der Waals surface area contributed by atoms with Crippen LogP contribution < -0.4 is 5.32 Å². The maximum Gasteiger partial charge on any atom is 0.0946 e. The summed E-state index contributed by atoms with van der Waals surface area (Å²) in [7, 11) is 0. The van der Waals surface area contributed by atoms with E-state index in [1.54, 1.807) is 0 Å². The number of nitrogens with zero attached hydrogens (tertiary/aromatic N) is 2. The lowest BCUT2D eigenvalue weighted by Crippen LogP contribution is -2.43. The van der Waals surface area contributed by atoms with Gasteiger partial charge in [-0.3, -0.25) is 0 Å². The molecule has 0 radical (unpaired) electrons. The first-order valence-electron chi connectivity index (χ1n) is 6.46. The molecule has 1 N–H and O–H groups in total. The molecule has 0 aliphatic heterocycles. The monoisotopic (exact) mass is 221 g/mol. The summed E-state index contributed by atoms with van der Waals surface area (Å²) in [4.78, 5) is 4.05. The third-order valence-electron chi connectivity index (χ3n) is 3.85. The number of nitrogens with one attached hydrogen (secondary N) is 1. The fraction of sp³-hybridized carbons (Fsp3) is 0.769. The van der Waals surface area contributed by atoms with Crippen LogP contribution in [0.15, 0.2) is 18.7 Å². The summed E-state index contributed by atoms with van der Waals surface area (Å²) in [5.74, 6) is 1.65. The normalized spacial score (nSPS) is 30.5. The van der Waals surface area contributed by atoms with Gasteiger partial charge in [-0.1, -0.05) is 20.3 Å². The molecule has 0 aromatic carbocycles. The summed E-state index contributed by atoms with van der Waals surface area (Å²) in [5.41, 5.74) is 0. The van der Waals surface area contributed by atoms with E-state index in [1.165, 1.54) is 19.3 Å². The highest BCUT2D eigenvalue weighted by Gasteiger charge is 2.26. The fourth-order valence-corrected chi connectivity index (χ4v) is 2.86. The number of rotatable bonds is 4. The van der Waals surface area contributed by atoms with Crippen LogP contribution in [0.5, 0.6) is 0 Å². The Hall–Kier alpha value is -0.830. The van der Waals surface area contributed by atoms with Crippen LogP contribution in [0.3, 0.4) is 0 Å². The molecule has 3 heteroatoms. The van der Waals surface area contributed by atoms with Gasteiger partial charge in [-0.05, 0) is 24.7 Å². The maximum atomic E-state index is 4.05. The highest BCUT2D eigenvalue weighted by atomic mass is 15.1. The highest BCUT2D eigenvalue weighted by Crippen LogP contribution is 2.28. The van der Waals surface area contributed by atoms with Crippen molar-refractivity contribution in [2.75, 3.05) is 6.54 Å².